The Morgan fingerprint density at radius 1 is 0.702 bits per heavy atom. The zero-order chi connectivity index (χ0) is 35.1. The highest BCUT2D eigenvalue weighted by Crippen LogP contribution is 2.43. The van der Waals surface area contributed by atoms with Gasteiger partial charge in [0.25, 0.3) is 0 Å². The van der Waals surface area contributed by atoms with Crippen LogP contribution in [-0.2, 0) is 18.4 Å². The monoisotopic (exact) mass is 688 g/mol. The van der Waals surface area contributed by atoms with Gasteiger partial charge >= 0.3 is 7.82 Å². The summed E-state index contributed by atoms with van der Waals surface area (Å²) < 4.78 is 23.3. The molecule has 3 atom stereocenters. The minimum atomic E-state index is -4.32. The number of unbranched alkanes of at least 4 members (excludes halogenated alkanes) is 19. The molecular weight excluding hydrogens is 611 g/mol. The second-order valence-electron chi connectivity index (χ2n) is 14.3. The molecule has 0 saturated heterocycles. The molecule has 0 radical (unpaired) electrons. The van der Waals surface area contributed by atoms with Gasteiger partial charge in [-0.2, -0.15) is 0 Å². The first-order valence-electron chi connectivity index (χ1n) is 19.2. The van der Waals surface area contributed by atoms with E-state index in [2.05, 4.69) is 31.3 Å². The zero-order valence-electron chi connectivity index (χ0n) is 31.3. The van der Waals surface area contributed by atoms with Gasteiger partial charge in [0.2, 0.25) is 5.91 Å². The largest absolute Gasteiger partial charge is 0.472 e. The normalized spacial score (nSPS) is 15.0. The summed E-state index contributed by atoms with van der Waals surface area (Å²) in [4.78, 5) is 22.9. The molecule has 9 heteroatoms. The molecule has 0 aliphatic heterocycles. The molecule has 1 amide bonds. The third-order valence-corrected chi connectivity index (χ3v) is 9.40. The van der Waals surface area contributed by atoms with Gasteiger partial charge in [-0.15, -0.1) is 0 Å². The van der Waals surface area contributed by atoms with Gasteiger partial charge < -0.3 is 19.8 Å². The minimum Gasteiger partial charge on any atom is -0.387 e. The molecule has 0 aromatic carbocycles. The van der Waals surface area contributed by atoms with Gasteiger partial charge in [0.15, 0.2) is 0 Å². The number of aliphatic hydroxyl groups excluding tert-OH is 1. The molecule has 0 saturated carbocycles. The SMILES string of the molecule is CCCCCC/C=C/C(O)C(COP(=O)(O)OCC[N+](C)(C)C)NC(=O)CCCCCCCCCCC/C=C\CCCCCCCC. The van der Waals surface area contributed by atoms with Crippen LogP contribution in [0.5, 0.6) is 0 Å². The number of rotatable bonds is 34. The summed E-state index contributed by atoms with van der Waals surface area (Å²) in [6.07, 6.45) is 34.1. The van der Waals surface area contributed by atoms with Crippen molar-refractivity contribution < 1.29 is 32.9 Å². The molecule has 0 bridgehead atoms. The van der Waals surface area contributed by atoms with Crippen LogP contribution in [0.1, 0.15) is 162 Å². The van der Waals surface area contributed by atoms with Crippen LogP contribution in [0.2, 0.25) is 0 Å². The topological polar surface area (TPSA) is 105 Å². The van der Waals surface area contributed by atoms with E-state index in [4.69, 9.17) is 9.05 Å². The van der Waals surface area contributed by atoms with Crippen molar-refractivity contribution in [2.75, 3.05) is 40.9 Å². The fourth-order valence-corrected chi connectivity index (χ4v) is 6.00. The molecule has 0 aromatic heterocycles. The van der Waals surface area contributed by atoms with E-state index >= 15 is 0 Å². The fourth-order valence-electron chi connectivity index (χ4n) is 5.27. The van der Waals surface area contributed by atoms with Gasteiger partial charge in [-0.1, -0.05) is 134 Å². The summed E-state index contributed by atoms with van der Waals surface area (Å²) in [6, 6.07) is -0.840. The van der Waals surface area contributed by atoms with Crippen LogP contribution in [0, 0.1) is 0 Å². The molecule has 0 aliphatic carbocycles. The van der Waals surface area contributed by atoms with Crippen LogP contribution < -0.4 is 5.32 Å². The van der Waals surface area contributed by atoms with Crippen LogP contribution in [0.3, 0.4) is 0 Å². The van der Waals surface area contributed by atoms with Crippen LogP contribution in [0.4, 0.5) is 0 Å². The molecular formula is C38H76N2O6P+. The molecule has 0 heterocycles. The molecule has 0 rings (SSSR count). The Labute approximate surface area is 290 Å². The van der Waals surface area contributed by atoms with Crippen molar-refractivity contribution in [3.8, 4) is 0 Å². The maximum Gasteiger partial charge on any atom is 0.472 e. The van der Waals surface area contributed by atoms with Crippen LogP contribution >= 0.6 is 7.82 Å². The number of hydrogen-bond acceptors (Lipinski definition) is 5. The van der Waals surface area contributed by atoms with Crippen molar-refractivity contribution in [2.45, 2.75) is 174 Å². The van der Waals surface area contributed by atoms with Crippen molar-refractivity contribution in [2.24, 2.45) is 0 Å². The summed E-state index contributed by atoms with van der Waals surface area (Å²) in [5.74, 6) is -0.186. The number of quaternary nitrogens is 1. The summed E-state index contributed by atoms with van der Waals surface area (Å²) >= 11 is 0. The van der Waals surface area contributed by atoms with Gasteiger partial charge in [0.1, 0.15) is 13.2 Å². The second kappa shape index (κ2) is 31.0. The first-order valence-corrected chi connectivity index (χ1v) is 20.7. The predicted molar refractivity (Wildman–Crippen MR) is 198 cm³/mol. The number of allylic oxidation sites excluding steroid dienone is 3. The lowest BCUT2D eigenvalue weighted by Gasteiger charge is -2.25. The first-order chi connectivity index (χ1) is 22.5. The highest BCUT2D eigenvalue weighted by atomic mass is 31.2. The lowest BCUT2D eigenvalue weighted by Crippen LogP contribution is -2.45. The number of likely N-dealkylation sites (N-methyl/N-ethyl adjacent to an activating group) is 1. The fraction of sp³-hybridized carbons (Fsp3) is 0.868. The van der Waals surface area contributed by atoms with Crippen LogP contribution in [-0.4, -0.2) is 73.4 Å². The van der Waals surface area contributed by atoms with E-state index in [-0.39, 0.29) is 19.1 Å². The van der Waals surface area contributed by atoms with Crippen LogP contribution in [0.15, 0.2) is 24.3 Å². The van der Waals surface area contributed by atoms with Gasteiger partial charge in [-0.05, 0) is 44.9 Å². The third-order valence-electron chi connectivity index (χ3n) is 8.42. The third kappa shape index (κ3) is 33.3. The number of carbonyl (C=O) groups is 1. The molecule has 0 spiro atoms. The number of phosphoric acid groups is 1. The summed E-state index contributed by atoms with van der Waals surface area (Å²) in [5.41, 5.74) is 0. The lowest BCUT2D eigenvalue weighted by atomic mass is 10.0. The Hall–Kier alpha value is -1.02. The average Bonchev–Trinajstić information content (AvgIpc) is 3.01. The van der Waals surface area contributed by atoms with E-state index in [0.29, 0.717) is 17.4 Å². The van der Waals surface area contributed by atoms with Crippen molar-refractivity contribution in [1.29, 1.82) is 0 Å². The van der Waals surface area contributed by atoms with E-state index in [1.54, 1.807) is 6.08 Å². The van der Waals surface area contributed by atoms with E-state index in [1.165, 1.54) is 96.3 Å². The lowest BCUT2D eigenvalue weighted by molar-refractivity contribution is -0.870. The molecule has 0 fully saturated rings. The number of hydrogen-bond donors (Lipinski definition) is 3. The van der Waals surface area contributed by atoms with Gasteiger partial charge in [0, 0.05) is 6.42 Å². The number of nitrogens with zero attached hydrogens (tertiary/aromatic N) is 1. The smallest absolute Gasteiger partial charge is 0.387 e. The zero-order valence-corrected chi connectivity index (χ0v) is 32.2. The quantitative estimate of drug-likeness (QED) is 0.0269. The van der Waals surface area contributed by atoms with Crippen molar-refractivity contribution in [1.82, 2.24) is 5.32 Å². The standard InChI is InChI=1S/C38H75N2O6P/c1-6-8-10-12-14-15-16-17-18-19-20-21-22-23-24-25-26-28-30-32-38(42)39-36(37(41)31-29-27-13-11-9-7-2)35-46-47(43,44)45-34-33-40(3,4)5/h17-18,29,31,36-37,41H,6-16,19-28,30,32-35H2,1-5H3,(H-,39,42,43,44)/p+1/b18-17-,31-29+. The van der Waals surface area contributed by atoms with Gasteiger partial charge in [0.05, 0.1) is 39.9 Å². The van der Waals surface area contributed by atoms with Crippen LogP contribution in [0.25, 0.3) is 0 Å². The summed E-state index contributed by atoms with van der Waals surface area (Å²) in [7, 11) is 1.56. The Bertz CT molecular complexity index is 829. The molecule has 8 nitrogen and oxygen atoms in total. The molecule has 278 valence electrons. The number of amides is 1. The predicted octanol–water partition coefficient (Wildman–Crippen LogP) is 9.80. The molecule has 3 unspecified atom stereocenters. The molecule has 0 aromatic rings. The Balaban J connectivity index is 4.25. The second-order valence-corrected chi connectivity index (χ2v) is 15.8. The van der Waals surface area contributed by atoms with E-state index in [9.17, 15) is 19.4 Å². The maximum absolute atomic E-state index is 12.7. The maximum atomic E-state index is 12.7. The first kappa shape index (κ1) is 46.0. The van der Waals surface area contributed by atoms with E-state index in [0.717, 1.165) is 44.9 Å². The highest BCUT2D eigenvalue weighted by molar-refractivity contribution is 7.47. The molecule has 3 N–H and O–H groups in total. The number of phosphoric ester groups is 1. The van der Waals surface area contributed by atoms with Gasteiger partial charge in [-0.25, -0.2) is 4.57 Å². The minimum absolute atomic E-state index is 0.0610. The van der Waals surface area contributed by atoms with E-state index in [1.807, 2.05) is 27.2 Å². The van der Waals surface area contributed by atoms with Crippen molar-refractivity contribution in [3.05, 3.63) is 24.3 Å². The molecule has 47 heavy (non-hydrogen) atoms. The van der Waals surface area contributed by atoms with E-state index < -0.39 is 20.0 Å². The number of aliphatic hydroxyl groups is 1. The van der Waals surface area contributed by atoms with Crippen molar-refractivity contribution in [3.63, 3.8) is 0 Å². The Kier molecular flexibility index (Phi) is 30.3. The molecule has 0 aliphatic rings. The Morgan fingerprint density at radius 3 is 1.66 bits per heavy atom. The summed E-state index contributed by atoms with van der Waals surface area (Å²) in [5, 5.41) is 13.6. The highest BCUT2D eigenvalue weighted by Gasteiger charge is 2.27. The van der Waals surface area contributed by atoms with Gasteiger partial charge in [-0.3, -0.25) is 13.8 Å². The summed E-state index contributed by atoms with van der Waals surface area (Å²) in [6.45, 7) is 4.71. The Morgan fingerprint density at radius 2 is 1.15 bits per heavy atom. The average molecular weight is 688 g/mol. The number of nitrogens with one attached hydrogen (secondary N) is 1. The number of carbonyl (C=O) groups excluding carboxylic acids is 1. The van der Waals surface area contributed by atoms with Crippen molar-refractivity contribution >= 4 is 13.7 Å².